The highest BCUT2D eigenvalue weighted by Crippen LogP contribution is 1.81. The molecule has 1 N–H and O–H groups in total. The molecular weight excluding hydrogens is 208 g/mol. The summed E-state index contributed by atoms with van der Waals surface area (Å²) in [4.78, 5) is 2.24. The zero-order valence-corrected chi connectivity index (χ0v) is 10.8. The summed E-state index contributed by atoms with van der Waals surface area (Å²) in [5.74, 6) is 0. The fourth-order valence-corrected chi connectivity index (χ4v) is 1.14. The Labute approximate surface area is 99.0 Å². The third kappa shape index (κ3) is 11.9. The maximum Gasteiger partial charge on any atom is 0.0700 e. The van der Waals surface area contributed by atoms with Crippen LogP contribution in [0.5, 0.6) is 0 Å². The zero-order valence-electron chi connectivity index (χ0n) is 10.8. The minimum absolute atomic E-state index is 0.666. The molecule has 98 valence electrons. The first kappa shape index (κ1) is 15.8. The van der Waals surface area contributed by atoms with Crippen molar-refractivity contribution in [2.24, 2.45) is 0 Å². The summed E-state index contributed by atoms with van der Waals surface area (Å²) in [5, 5.41) is 3.32. The van der Waals surface area contributed by atoms with E-state index in [1.54, 1.807) is 14.2 Å². The molecule has 0 aliphatic carbocycles. The van der Waals surface area contributed by atoms with Crippen molar-refractivity contribution in [2.75, 3.05) is 73.9 Å². The molecule has 0 aliphatic heterocycles. The molecule has 0 unspecified atom stereocenters. The van der Waals surface area contributed by atoms with Gasteiger partial charge in [0.25, 0.3) is 0 Å². The first-order chi connectivity index (χ1) is 7.81. The molecule has 0 fully saturated rings. The summed E-state index contributed by atoms with van der Waals surface area (Å²) in [6.45, 7) is 6.74. The summed E-state index contributed by atoms with van der Waals surface area (Å²) in [5.41, 5.74) is 0. The van der Waals surface area contributed by atoms with Crippen LogP contribution in [0.3, 0.4) is 0 Å². The third-order valence-electron chi connectivity index (χ3n) is 2.20. The van der Waals surface area contributed by atoms with Gasteiger partial charge in [-0.1, -0.05) is 0 Å². The van der Waals surface area contributed by atoms with E-state index in [-0.39, 0.29) is 0 Å². The van der Waals surface area contributed by atoms with Crippen LogP contribution >= 0.6 is 0 Å². The molecule has 5 nitrogen and oxygen atoms in total. The molecular formula is C11H26N2O3. The van der Waals surface area contributed by atoms with E-state index in [4.69, 9.17) is 14.2 Å². The molecule has 0 aromatic rings. The van der Waals surface area contributed by atoms with Crippen LogP contribution in [0.15, 0.2) is 0 Å². The molecule has 5 heteroatoms. The van der Waals surface area contributed by atoms with Crippen LogP contribution in [0.4, 0.5) is 0 Å². The predicted molar refractivity (Wildman–Crippen MR) is 64.9 cm³/mol. The van der Waals surface area contributed by atoms with E-state index >= 15 is 0 Å². The zero-order chi connectivity index (χ0) is 12.1. The number of hydrogen-bond acceptors (Lipinski definition) is 5. The van der Waals surface area contributed by atoms with Crippen molar-refractivity contribution in [1.82, 2.24) is 10.2 Å². The fraction of sp³-hybridized carbons (Fsp3) is 1.00. The van der Waals surface area contributed by atoms with Gasteiger partial charge in [-0.2, -0.15) is 0 Å². The minimum Gasteiger partial charge on any atom is -0.383 e. The molecule has 16 heavy (non-hydrogen) atoms. The van der Waals surface area contributed by atoms with Gasteiger partial charge >= 0.3 is 0 Å². The van der Waals surface area contributed by atoms with Gasteiger partial charge in [-0.25, -0.2) is 0 Å². The van der Waals surface area contributed by atoms with Crippen molar-refractivity contribution >= 4 is 0 Å². The quantitative estimate of drug-likeness (QED) is 0.474. The van der Waals surface area contributed by atoms with Crippen molar-refractivity contribution in [3.05, 3.63) is 0 Å². The van der Waals surface area contributed by atoms with Crippen molar-refractivity contribution in [3.8, 4) is 0 Å². The third-order valence-corrected chi connectivity index (χ3v) is 2.20. The number of methoxy groups -OCH3 is 2. The van der Waals surface area contributed by atoms with Crippen LogP contribution in [0.2, 0.25) is 0 Å². The summed E-state index contributed by atoms with van der Waals surface area (Å²) in [6, 6.07) is 0. The summed E-state index contributed by atoms with van der Waals surface area (Å²) in [6.07, 6.45) is 0. The van der Waals surface area contributed by atoms with Crippen LogP contribution in [0.25, 0.3) is 0 Å². The lowest BCUT2D eigenvalue weighted by Crippen LogP contribution is -2.32. The number of ether oxygens (including phenoxy) is 3. The van der Waals surface area contributed by atoms with Gasteiger partial charge < -0.3 is 24.4 Å². The van der Waals surface area contributed by atoms with Crippen molar-refractivity contribution in [3.63, 3.8) is 0 Å². The van der Waals surface area contributed by atoms with E-state index in [0.29, 0.717) is 13.2 Å². The number of likely N-dealkylation sites (N-methyl/N-ethyl adjacent to an activating group) is 1. The number of nitrogens with one attached hydrogen (secondary N) is 1. The lowest BCUT2D eigenvalue weighted by atomic mass is 10.5. The Morgan fingerprint density at radius 3 is 2.31 bits per heavy atom. The van der Waals surface area contributed by atoms with Crippen molar-refractivity contribution in [1.29, 1.82) is 0 Å². The Morgan fingerprint density at radius 2 is 1.62 bits per heavy atom. The number of rotatable bonds is 12. The lowest BCUT2D eigenvalue weighted by Gasteiger charge is -2.16. The van der Waals surface area contributed by atoms with Gasteiger partial charge in [0.1, 0.15) is 0 Å². The second kappa shape index (κ2) is 12.9. The van der Waals surface area contributed by atoms with Gasteiger partial charge in [0.05, 0.1) is 26.4 Å². The van der Waals surface area contributed by atoms with E-state index < -0.39 is 0 Å². The van der Waals surface area contributed by atoms with Crippen molar-refractivity contribution in [2.45, 2.75) is 0 Å². The monoisotopic (exact) mass is 234 g/mol. The molecule has 0 saturated heterocycles. The molecule has 0 radical (unpaired) electrons. The topological polar surface area (TPSA) is 43.0 Å². The number of nitrogens with zero attached hydrogens (tertiary/aromatic N) is 1. The molecule has 0 aromatic carbocycles. The van der Waals surface area contributed by atoms with Crippen LogP contribution < -0.4 is 5.32 Å². The molecule has 0 atom stereocenters. The molecule has 0 aliphatic rings. The second-order valence-electron chi connectivity index (χ2n) is 3.65. The number of hydrogen-bond donors (Lipinski definition) is 1. The molecule has 0 rings (SSSR count). The van der Waals surface area contributed by atoms with Gasteiger partial charge in [-0.15, -0.1) is 0 Å². The molecule has 0 saturated carbocycles. The highest BCUT2D eigenvalue weighted by Gasteiger charge is 1.96. The van der Waals surface area contributed by atoms with Crippen LogP contribution in [0, 0.1) is 0 Å². The maximum atomic E-state index is 5.32. The van der Waals surface area contributed by atoms with E-state index in [1.807, 2.05) is 0 Å². The van der Waals surface area contributed by atoms with Crippen LogP contribution in [-0.2, 0) is 14.2 Å². The average Bonchev–Trinajstić information content (AvgIpc) is 2.30. The molecule has 0 amide bonds. The van der Waals surface area contributed by atoms with E-state index in [9.17, 15) is 0 Å². The van der Waals surface area contributed by atoms with Crippen LogP contribution in [0.1, 0.15) is 0 Å². The first-order valence-electron chi connectivity index (χ1n) is 5.76. The Bertz CT molecular complexity index is 136. The largest absolute Gasteiger partial charge is 0.383 e. The molecule has 0 heterocycles. The summed E-state index contributed by atoms with van der Waals surface area (Å²) >= 11 is 0. The summed E-state index contributed by atoms with van der Waals surface area (Å²) in [7, 11) is 5.50. The summed E-state index contributed by atoms with van der Waals surface area (Å²) < 4.78 is 15.2. The van der Waals surface area contributed by atoms with Gasteiger partial charge in [0.2, 0.25) is 0 Å². The van der Waals surface area contributed by atoms with E-state index in [0.717, 1.165) is 39.4 Å². The SMILES string of the molecule is COCCOCCNCCN(C)CCOC. The molecule has 0 bridgehead atoms. The Kier molecular flexibility index (Phi) is 12.7. The van der Waals surface area contributed by atoms with Crippen LogP contribution in [-0.4, -0.2) is 78.8 Å². The van der Waals surface area contributed by atoms with E-state index in [1.165, 1.54) is 0 Å². The molecule has 0 spiro atoms. The maximum absolute atomic E-state index is 5.32. The normalized spacial score (nSPS) is 11.2. The van der Waals surface area contributed by atoms with Gasteiger partial charge in [0, 0.05) is 40.4 Å². The van der Waals surface area contributed by atoms with Gasteiger partial charge in [-0.05, 0) is 7.05 Å². The minimum atomic E-state index is 0.666. The highest BCUT2D eigenvalue weighted by atomic mass is 16.5. The smallest absolute Gasteiger partial charge is 0.0700 e. The van der Waals surface area contributed by atoms with E-state index in [2.05, 4.69) is 17.3 Å². The Balaban J connectivity index is 3.02. The van der Waals surface area contributed by atoms with Crippen molar-refractivity contribution < 1.29 is 14.2 Å². The Morgan fingerprint density at radius 1 is 0.875 bits per heavy atom. The van der Waals surface area contributed by atoms with Gasteiger partial charge in [-0.3, -0.25) is 0 Å². The Hall–Kier alpha value is -0.200. The standard InChI is InChI=1S/C11H26N2O3/c1-13(7-9-14-2)6-4-12-5-8-16-11-10-15-3/h12H,4-11H2,1-3H3. The lowest BCUT2D eigenvalue weighted by molar-refractivity contribution is 0.0718. The second-order valence-corrected chi connectivity index (χ2v) is 3.65. The average molecular weight is 234 g/mol. The fourth-order valence-electron chi connectivity index (χ4n) is 1.14. The first-order valence-corrected chi connectivity index (χ1v) is 5.76. The highest BCUT2D eigenvalue weighted by molar-refractivity contribution is 4.54. The van der Waals surface area contributed by atoms with Gasteiger partial charge in [0.15, 0.2) is 0 Å². The molecule has 0 aromatic heterocycles. The predicted octanol–water partition coefficient (Wildman–Crippen LogP) is -0.183.